The van der Waals surface area contributed by atoms with Crippen molar-refractivity contribution in [2.45, 2.75) is 13.3 Å². The second kappa shape index (κ2) is 5.78. The first-order valence-electron chi connectivity index (χ1n) is 6.05. The van der Waals surface area contributed by atoms with Crippen molar-refractivity contribution in [3.8, 4) is 11.3 Å². The zero-order valence-corrected chi connectivity index (χ0v) is 10.3. The van der Waals surface area contributed by atoms with E-state index in [-0.39, 0.29) is 5.56 Å². The van der Waals surface area contributed by atoms with Crippen LogP contribution in [-0.2, 0) is 6.42 Å². The minimum atomic E-state index is -0.546. The number of nitrogens with one attached hydrogen (secondary N) is 2. The molecule has 0 unspecified atom stereocenters. The van der Waals surface area contributed by atoms with Crippen molar-refractivity contribution in [1.82, 2.24) is 10.3 Å². The fraction of sp³-hybridized carbons (Fsp3) is 0.286. The van der Waals surface area contributed by atoms with Gasteiger partial charge < -0.3 is 10.3 Å². The van der Waals surface area contributed by atoms with Gasteiger partial charge in [-0.3, -0.25) is 0 Å². The third kappa shape index (κ3) is 2.76. The van der Waals surface area contributed by atoms with Crippen molar-refractivity contribution in [2.24, 2.45) is 0 Å². The number of aromatic nitrogens is 1. The molecule has 0 atom stereocenters. The summed E-state index contributed by atoms with van der Waals surface area (Å²) in [6.07, 6.45) is 0.809. The van der Waals surface area contributed by atoms with Gasteiger partial charge in [0.1, 0.15) is 11.6 Å². The van der Waals surface area contributed by atoms with E-state index in [1.807, 2.05) is 13.0 Å². The van der Waals surface area contributed by atoms with Gasteiger partial charge in [0.15, 0.2) is 0 Å². The molecule has 0 spiro atoms. The molecule has 0 aliphatic carbocycles. The lowest BCUT2D eigenvalue weighted by atomic mass is 10.1. The van der Waals surface area contributed by atoms with Gasteiger partial charge in [-0.2, -0.15) is 0 Å². The van der Waals surface area contributed by atoms with Crippen LogP contribution in [0.25, 0.3) is 11.3 Å². The van der Waals surface area contributed by atoms with E-state index in [1.165, 1.54) is 18.2 Å². The third-order valence-electron chi connectivity index (χ3n) is 2.80. The van der Waals surface area contributed by atoms with Crippen LogP contribution in [0.2, 0.25) is 0 Å². The number of rotatable bonds is 5. The standard InChI is InChI=1S/C14H16F2N2/c1-2-17-9-8-10-6-7-13(18-10)14-11(15)4-3-5-12(14)16/h3-7,17-18H,2,8-9H2,1H3. The topological polar surface area (TPSA) is 27.8 Å². The minimum absolute atomic E-state index is 0.00667. The van der Waals surface area contributed by atoms with Crippen molar-refractivity contribution in [1.29, 1.82) is 0 Å². The van der Waals surface area contributed by atoms with Gasteiger partial charge in [0.05, 0.1) is 11.3 Å². The Bertz CT molecular complexity index is 500. The summed E-state index contributed by atoms with van der Waals surface area (Å²) in [6.45, 7) is 3.79. The zero-order valence-electron chi connectivity index (χ0n) is 10.3. The lowest BCUT2D eigenvalue weighted by Crippen LogP contribution is -2.16. The number of hydrogen-bond donors (Lipinski definition) is 2. The molecule has 0 fully saturated rings. The Labute approximate surface area is 105 Å². The first-order chi connectivity index (χ1) is 8.72. The molecule has 0 aliphatic heterocycles. The summed E-state index contributed by atoms with van der Waals surface area (Å²) in [5.41, 5.74) is 1.46. The highest BCUT2D eigenvalue weighted by molar-refractivity contribution is 5.61. The van der Waals surface area contributed by atoms with E-state index >= 15 is 0 Å². The highest BCUT2D eigenvalue weighted by Gasteiger charge is 2.12. The van der Waals surface area contributed by atoms with Crippen LogP contribution < -0.4 is 5.32 Å². The maximum absolute atomic E-state index is 13.6. The predicted octanol–water partition coefficient (Wildman–Crippen LogP) is 3.11. The molecular weight excluding hydrogens is 234 g/mol. The monoisotopic (exact) mass is 250 g/mol. The summed E-state index contributed by atoms with van der Waals surface area (Å²) in [5, 5.41) is 3.20. The SMILES string of the molecule is CCNCCc1ccc(-c2c(F)cccc2F)[nH]1. The number of benzene rings is 1. The number of H-pyrrole nitrogens is 1. The van der Waals surface area contributed by atoms with Crippen LogP contribution in [0.5, 0.6) is 0 Å². The molecule has 0 saturated heterocycles. The summed E-state index contributed by atoms with van der Waals surface area (Å²) in [7, 11) is 0. The molecule has 0 bridgehead atoms. The van der Waals surface area contributed by atoms with Gasteiger partial charge in [-0.15, -0.1) is 0 Å². The average molecular weight is 250 g/mol. The number of halogens is 2. The summed E-state index contributed by atoms with van der Waals surface area (Å²) < 4.78 is 27.2. The van der Waals surface area contributed by atoms with Crippen LogP contribution in [0.4, 0.5) is 8.78 Å². The molecule has 1 heterocycles. The van der Waals surface area contributed by atoms with E-state index in [0.717, 1.165) is 25.2 Å². The molecule has 18 heavy (non-hydrogen) atoms. The second-order valence-electron chi connectivity index (χ2n) is 4.10. The van der Waals surface area contributed by atoms with Crippen LogP contribution in [0.3, 0.4) is 0 Å². The third-order valence-corrected chi connectivity index (χ3v) is 2.80. The summed E-state index contributed by atoms with van der Waals surface area (Å²) in [5.74, 6) is -1.09. The molecule has 2 N–H and O–H groups in total. The Balaban J connectivity index is 2.19. The summed E-state index contributed by atoms with van der Waals surface area (Å²) in [4.78, 5) is 3.05. The Morgan fingerprint density at radius 3 is 2.50 bits per heavy atom. The number of aromatic amines is 1. The molecule has 0 radical (unpaired) electrons. The highest BCUT2D eigenvalue weighted by Crippen LogP contribution is 2.25. The zero-order chi connectivity index (χ0) is 13.0. The van der Waals surface area contributed by atoms with E-state index < -0.39 is 11.6 Å². The van der Waals surface area contributed by atoms with Crippen LogP contribution in [-0.4, -0.2) is 18.1 Å². The van der Waals surface area contributed by atoms with Crippen molar-refractivity contribution in [3.63, 3.8) is 0 Å². The summed E-state index contributed by atoms with van der Waals surface area (Å²) >= 11 is 0. The molecule has 96 valence electrons. The number of likely N-dealkylation sites (N-methyl/N-ethyl adjacent to an activating group) is 1. The lowest BCUT2D eigenvalue weighted by molar-refractivity contribution is 0.588. The number of hydrogen-bond acceptors (Lipinski definition) is 1. The molecule has 0 aliphatic rings. The van der Waals surface area contributed by atoms with Gasteiger partial charge in [-0.05, 0) is 37.2 Å². The quantitative estimate of drug-likeness (QED) is 0.784. The van der Waals surface area contributed by atoms with E-state index in [0.29, 0.717) is 5.69 Å². The molecule has 2 nitrogen and oxygen atoms in total. The highest BCUT2D eigenvalue weighted by atomic mass is 19.1. The average Bonchev–Trinajstić information content (AvgIpc) is 2.78. The van der Waals surface area contributed by atoms with Gasteiger partial charge in [0, 0.05) is 12.2 Å². The molecule has 4 heteroatoms. The Morgan fingerprint density at radius 2 is 1.83 bits per heavy atom. The van der Waals surface area contributed by atoms with Crippen molar-refractivity contribution in [3.05, 3.63) is 47.7 Å². The smallest absolute Gasteiger partial charge is 0.135 e. The normalized spacial score (nSPS) is 10.8. The summed E-state index contributed by atoms with van der Waals surface area (Å²) in [6, 6.07) is 7.46. The van der Waals surface area contributed by atoms with Crippen LogP contribution in [0.1, 0.15) is 12.6 Å². The molecule has 1 aromatic heterocycles. The second-order valence-corrected chi connectivity index (χ2v) is 4.10. The molecule has 2 aromatic rings. The maximum atomic E-state index is 13.6. The molecule has 0 amide bonds. The first-order valence-corrected chi connectivity index (χ1v) is 6.05. The van der Waals surface area contributed by atoms with Crippen LogP contribution >= 0.6 is 0 Å². The molecular formula is C14H16F2N2. The molecule has 0 saturated carbocycles. The van der Waals surface area contributed by atoms with Gasteiger partial charge >= 0.3 is 0 Å². The van der Waals surface area contributed by atoms with E-state index in [4.69, 9.17) is 0 Å². The Morgan fingerprint density at radius 1 is 1.11 bits per heavy atom. The Hall–Kier alpha value is -1.68. The van der Waals surface area contributed by atoms with Crippen molar-refractivity contribution in [2.75, 3.05) is 13.1 Å². The maximum Gasteiger partial charge on any atom is 0.135 e. The Kier molecular flexibility index (Phi) is 4.10. The van der Waals surface area contributed by atoms with Gasteiger partial charge in [-0.1, -0.05) is 13.0 Å². The van der Waals surface area contributed by atoms with Crippen molar-refractivity contribution >= 4 is 0 Å². The van der Waals surface area contributed by atoms with E-state index in [1.54, 1.807) is 6.07 Å². The molecule has 2 rings (SSSR count). The fourth-order valence-electron chi connectivity index (χ4n) is 1.89. The first kappa shape index (κ1) is 12.8. The van der Waals surface area contributed by atoms with Crippen LogP contribution in [0.15, 0.2) is 30.3 Å². The van der Waals surface area contributed by atoms with E-state index in [9.17, 15) is 8.78 Å². The van der Waals surface area contributed by atoms with Crippen LogP contribution in [0, 0.1) is 11.6 Å². The van der Waals surface area contributed by atoms with E-state index in [2.05, 4.69) is 10.3 Å². The fourth-order valence-corrected chi connectivity index (χ4v) is 1.89. The molecule has 1 aromatic carbocycles. The van der Waals surface area contributed by atoms with Crippen molar-refractivity contribution < 1.29 is 8.78 Å². The largest absolute Gasteiger partial charge is 0.358 e. The minimum Gasteiger partial charge on any atom is -0.358 e. The van der Waals surface area contributed by atoms with Gasteiger partial charge in [0.2, 0.25) is 0 Å². The predicted molar refractivity (Wildman–Crippen MR) is 68.4 cm³/mol. The lowest BCUT2D eigenvalue weighted by Gasteiger charge is -2.03. The van der Waals surface area contributed by atoms with Gasteiger partial charge in [-0.25, -0.2) is 8.78 Å². The van der Waals surface area contributed by atoms with Gasteiger partial charge in [0.25, 0.3) is 0 Å².